The standard InChI is InChI=1S/2C5H10N/c2*1-2-4-6-5-3-1/h2*2,6H,1,3-5H2. The van der Waals surface area contributed by atoms with Gasteiger partial charge in [-0.1, -0.05) is 0 Å². The van der Waals surface area contributed by atoms with Gasteiger partial charge in [-0.2, -0.15) is 0 Å². The van der Waals surface area contributed by atoms with Crippen molar-refractivity contribution in [1.82, 2.24) is 10.6 Å². The number of hydrogen-bond acceptors (Lipinski definition) is 2. The zero-order valence-electron chi connectivity index (χ0n) is 7.81. The minimum Gasteiger partial charge on any atom is -0.316 e. The fourth-order valence-corrected chi connectivity index (χ4v) is 1.36. The number of nitrogens with one attached hydrogen (secondary N) is 2. The summed E-state index contributed by atoms with van der Waals surface area (Å²) in [6.45, 7) is 4.69. The first kappa shape index (κ1) is 10.0. The molecule has 2 rings (SSSR count). The van der Waals surface area contributed by atoms with Crippen LogP contribution in [0.15, 0.2) is 0 Å². The summed E-state index contributed by atoms with van der Waals surface area (Å²) < 4.78 is 0. The third-order valence-corrected chi connectivity index (χ3v) is 2.10. The molecule has 2 saturated heterocycles. The number of hydrogen-bond donors (Lipinski definition) is 2. The van der Waals surface area contributed by atoms with Crippen LogP contribution in [0.25, 0.3) is 0 Å². The van der Waals surface area contributed by atoms with E-state index < -0.39 is 0 Å². The van der Waals surface area contributed by atoms with Gasteiger partial charge >= 0.3 is 0 Å². The van der Waals surface area contributed by atoms with E-state index >= 15 is 0 Å². The Morgan fingerprint density at radius 1 is 0.750 bits per heavy atom. The summed E-state index contributed by atoms with van der Waals surface area (Å²) in [6, 6.07) is 0. The molecule has 0 aromatic heterocycles. The highest BCUT2D eigenvalue weighted by molar-refractivity contribution is 4.73. The molecular weight excluding hydrogens is 148 g/mol. The van der Waals surface area contributed by atoms with Crippen molar-refractivity contribution in [1.29, 1.82) is 0 Å². The molecule has 2 aliphatic rings. The zero-order chi connectivity index (χ0) is 8.49. The van der Waals surface area contributed by atoms with Crippen molar-refractivity contribution >= 4 is 0 Å². The second kappa shape index (κ2) is 7.56. The maximum absolute atomic E-state index is 3.23. The quantitative estimate of drug-likeness (QED) is 0.567. The van der Waals surface area contributed by atoms with E-state index in [2.05, 4.69) is 23.5 Å². The van der Waals surface area contributed by atoms with E-state index in [9.17, 15) is 0 Å². The Kier molecular flexibility index (Phi) is 6.30. The van der Waals surface area contributed by atoms with Gasteiger partial charge in [-0.3, -0.25) is 0 Å². The summed E-state index contributed by atoms with van der Waals surface area (Å²) in [5.41, 5.74) is 0. The number of piperidine rings is 2. The molecule has 0 aliphatic carbocycles. The molecule has 0 saturated carbocycles. The maximum Gasteiger partial charge on any atom is -0.00174 e. The van der Waals surface area contributed by atoms with Gasteiger partial charge in [0.1, 0.15) is 0 Å². The van der Waals surface area contributed by atoms with Crippen molar-refractivity contribution in [2.45, 2.75) is 25.7 Å². The molecule has 2 radical (unpaired) electrons. The Labute approximate surface area is 76.1 Å². The van der Waals surface area contributed by atoms with Crippen LogP contribution >= 0.6 is 0 Å². The third kappa shape index (κ3) is 5.56. The van der Waals surface area contributed by atoms with Crippen molar-refractivity contribution in [3.63, 3.8) is 0 Å². The first-order valence-electron chi connectivity index (χ1n) is 5.05. The molecule has 12 heavy (non-hydrogen) atoms. The first-order chi connectivity index (χ1) is 6.00. The van der Waals surface area contributed by atoms with E-state index in [4.69, 9.17) is 0 Å². The molecule has 0 aromatic rings. The van der Waals surface area contributed by atoms with Crippen LogP contribution in [0, 0.1) is 12.8 Å². The third-order valence-electron chi connectivity index (χ3n) is 2.10. The lowest BCUT2D eigenvalue weighted by atomic mass is 10.2. The maximum atomic E-state index is 3.23. The van der Waals surface area contributed by atoms with Crippen LogP contribution in [-0.4, -0.2) is 26.2 Å². The molecule has 0 spiro atoms. The molecule has 0 unspecified atom stereocenters. The molecule has 0 amide bonds. The summed E-state index contributed by atoms with van der Waals surface area (Å²) in [4.78, 5) is 0. The van der Waals surface area contributed by atoms with E-state index in [0.717, 1.165) is 13.1 Å². The average molecular weight is 168 g/mol. The summed E-state index contributed by atoms with van der Waals surface area (Å²) in [5, 5.41) is 6.46. The normalized spacial score (nSPS) is 24.0. The lowest BCUT2D eigenvalue weighted by molar-refractivity contribution is 0.604. The van der Waals surface area contributed by atoms with E-state index in [1.165, 1.54) is 38.8 Å². The lowest BCUT2D eigenvalue weighted by Crippen LogP contribution is -2.21. The van der Waals surface area contributed by atoms with E-state index in [1.54, 1.807) is 0 Å². The smallest absolute Gasteiger partial charge is 0.00174 e. The molecule has 2 heteroatoms. The van der Waals surface area contributed by atoms with Crippen LogP contribution in [0.2, 0.25) is 0 Å². The summed E-state index contributed by atoms with van der Waals surface area (Å²) in [7, 11) is 0. The van der Waals surface area contributed by atoms with E-state index in [0.29, 0.717) is 0 Å². The Morgan fingerprint density at radius 3 is 1.33 bits per heavy atom. The van der Waals surface area contributed by atoms with Crippen molar-refractivity contribution < 1.29 is 0 Å². The largest absolute Gasteiger partial charge is 0.316 e. The van der Waals surface area contributed by atoms with Crippen molar-refractivity contribution in [3.05, 3.63) is 12.8 Å². The Balaban J connectivity index is 0.000000120. The van der Waals surface area contributed by atoms with Crippen molar-refractivity contribution in [2.75, 3.05) is 26.2 Å². The highest BCUT2D eigenvalue weighted by Gasteiger charge is 1.94. The van der Waals surface area contributed by atoms with Gasteiger partial charge < -0.3 is 10.6 Å². The predicted octanol–water partition coefficient (Wildman–Crippen LogP) is 1.15. The average Bonchev–Trinajstić information content (AvgIpc) is 2.24. The van der Waals surface area contributed by atoms with Crippen molar-refractivity contribution in [3.8, 4) is 0 Å². The zero-order valence-corrected chi connectivity index (χ0v) is 7.81. The fraction of sp³-hybridized carbons (Fsp3) is 0.800. The summed E-state index contributed by atoms with van der Waals surface area (Å²) in [5.74, 6) is 0. The molecule has 2 nitrogen and oxygen atoms in total. The SMILES string of the molecule is [CH]1CCCNC1.[CH]1CCCNC1. The second-order valence-corrected chi connectivity index (χ2v) is 3.27. The van der Waals surface area contributed by atoms with E-state index in [1.807, 2.05) is 0 Å². The topological polar surface area (TPSA) is 24.1 Å². The molecule has 2 N–H and O–H groups in total. The van der Waals surface area contributed by atoms with Crippen LogP contribution in [0.5, 0.6) is 0 Å². The van der Waals surface area contributed by atoms with E-state index in [-0.39, 0.29) is 0 Å². The molecular formula is C10H20N2. The van der Waals surface area contributed by atoms with Crippen LogP contribution in [0.4, 0.5) is 0 Å². The fourth-order valence-electron chi connectivity index (χ4n) is 1.36. The Bertz CT molecular complexity index is 50.8. The molecule has 0 atom stereocenters. The van der Waals surface area contributed by atoms with Crippen LogP contribution < -0.4 is 10.6 Å². The van der Waals surface area contributed by atoms with Gasteiger partial charge in [0.25, 0.3) is 0 Å². The van der Waals surface area contributed by atoms with Crippen LogP contribution in [0.3, 0.4) is 0 Å². The monoisotopic (exact) mass is 168 g/mol. The molecule has 0 bridgehead atoms. The van der Waals surface area contributed by atoms with Gasteiger partial charge in [-0.25, -0.2) is 0 Å². The molecule has 2 aliphatic heterocycles. The predicted molar refractivity (Wildman–Crippen MR) is 52.8 cm³/mol. The van der Waals surface area contributed by atoms with Crippen LogP contribution in [-0.2, 0) is 0 Å². The Morgan fingerprint density at radius 2 is 1.25 bits per heavy atom. The molecule has 70 valence electrons. The van der Waals surface area contributed by atoms with Gasteiger partial charge in [-0.15, -0.1) is 0 Å². The molecule has 2 heterocycles. The first-order valence-corrected chi connectivity index (χ1v) is 5.05. The summed E-state index contributed by atoms with van der Waals surface area (Å²) >= 11 is 0. The Hall–Kier alpha value is -0.0800. The van der Waals surface area contributed by atoms with Gasteiger partial charge in [0, 0.05) is 0 Å². The van der Waals surface area contributed by atoms with Crippen molar-refractivity contribution in [2.24, 2.45) is 0 Å². The van der Waals surface area contributed by atoms with Gasteiger partial charge in [0.2, 0.25) is 0 Å². The minimum atomic E-state index is 1.12. The number of rotatable bonds is 0. The van der Waals surface area contributed by atoms with Gasteiger partial charge in [0.05, 0.1) is 0 Å². The second-order valence-electron chi connectivity index (χ2n) is 3.27. The highest BCUT2D eigenvalue weighted by atomic mass is 14.9. The van der Waals surface area contributed by atoms with Crippen LogP contribution in [0.1, 0.15) is 25.7 Å². The van der Waals surface area contributed by atoms with Gasteiger partial charge in [-0.05, 0) is 64.7 Å². The molecule has 2 fully saturated rings. The molecule has 0 aromatic carbocycles. The lowest BCUT2D eigenvalue weighted by Gasteiger charge is -2.08. The summed E-state index contributed by atoms with van der Waals surface area (Å²) in [6.07, 6.45) is 9.85. The van der Waals surface area contributed by atoms with Gasteiger partial charge in [0.15, 0.2) is 0 Å². The minimum absolute atomic E-state index is 1.12. The highest BCUT2D eigenvalue weighted by Crippen LogP contribution is 1.95.